The highest BCUT2D eigenvalue weighted by molar-refractivity contribution is 7.91. The second-order valence-corrected chi connectivity index (χ2v) is 6.01. The Bertz CT molecular complexity index is 219. The second-order valence-electron chi connectivity index (χ2n) is 3.71. The molecule has 1 unspecified atom stereocenters. The Kier molecular flexibility index (Phi) is 3.56. The molecule has 1 aliphatic heterocycles. The summed E-state index contributed by atoms with van der Waals surface area (Å²) in [6.07, 6.45) is 5.22. The maximum Gasteiger partial charge on any atom is 0.150 e. The van der Waals surface area contributed by atoms with Crippen LogP contribution in [-0.4, -0.2) is 19.9 Å². The van der Waals surface area contributed by atoms with Gasteiger partial charge in [0.15, 0.2) is 0 Å². The minimum Gasteiger partial charge on any atom is -0.229 e. The van der Waals surface area contributed by atoms with E-state index >= 15 is 0 Å². The Morgan fingerprint density at radius 2 is 1.92 bits per heavy atom. The molecule has 1 heterocycles. The lowest BCUT2D eigenvalue weighted by molar-refractivity contribution is 0.429. The number of sulfone groups is 1. The van der Waals surface area contributed by atoms with Crippen molar-refractivity contribution >= 4 is 9.84 Å². The molecule has 0 aromatic heterocycles. The molecule has 0 bridgehead atoms. The molecule has 0 spiro atoms. The van der Waals surface area contributed by atoms with Gasteiger partial charge in [0.1, 0.15) is 9.84 Å². The SMILES string of the molecule is CCC1CCCCS(=O)(=O)CC1. The molecule has 12 heavy (non-hydrogen) atoms. The summed E-state index contributed by atoms with van der Waals surface area (Å²) in [4.78, 5) is 0. The molecule has 0 amide bonds. The maximum atomic E-state index is 11.3. The molecular weight excluding hydrogens is 172 g/mol. The van der Waals surface area contributed by atoms with Crippen molar-refractivity contribution < 1.29 is 8.42 Å². The standard InChI is InChI=1S/C9H18O2S/c1-2-9-5-3-4-7-12(10,11)8-6-9/h9H,2-8H2,1H3. The summed E-state index contributed by atoms with van der Waals surface area (Å²) in [7, 11) is -2.69. The van der Waals surface area contributed by atoms with Crippen LogP contribution in [0.3, 0.4) is 0 Å². The van der Waals surface area contributed by atoms with Crippen LogP contribution in [0.2, 0.25) is 0 Å². The fourth-order valence-corrected chi connectivity index (χ4v) is 3.30. The normalized spacial score (nSPS) is 30.6. The average Bonchev–Trinajstić information content (AvgIpc) is 2.00. The van der Waals surface area contributed by atoms with Crippen LogP contribution in [0.4, 0.5) is 0 Å². The second kappa shape index (κ2) is 4.26. The van der Waals surface area contributed by atoms with Crippen LogP contribution in [0.1, 0.15) is 39.0 Å². The lowest BCUT2D eigenvalue weighted by atomic mass is 9.97. The first-order valence-electron chi connectivity index (χ1n) is 4.84. The highest BCUT2D eigenvalue weighted by Gasteiger charge is 2.17. The third-order valence-corrected chi connectivity index (χ3v) is 4.50. The molecule has 1 aliphatic rings. The van der Waals surface area contributed by atoms with E-state index in [-0.39, 0.29) is 0 Å². The number of hydrogen-bond acceptors (Lipinski definition) is 2. The summed E-state index contributed by atoms with van der Waals surface area (Å²) in [5.41, 5.74) is 0. The van der Waals surface area contributed by atoms with Crippen molar-refractivity contribution in [3.63, 3.8) is 0 Å². The molecule has 2 nitrogen and oxygen atoms in total. The zero-order valence-electron chi connectivity index (χ0n) is 7.75. The third kappa shape index (κ3) is 3.13. The van der Waals surface area contributed by atoms with E-state index in [2.05, 4.69) is 6.92 Å². The molecule has 1 saturated heterocycles. The minimum atomic E-state index is -2.69. The zero-order chi connectivity index (χ0) is 9.03. The Morgan fingerprint density at radius 1 is 1.17 bits per heavy atom. The molecule has 0 aliphatic carbocycles. The van der Waals surface area contributed by atoms with Gasteiger partial charge in [-0.2, -0.15) is 0 Å². The van der Waals surface area contributed by atoms with Gasteiger partial charge in [-0.15, -0.1) is 0 Å². The summed E-state index contributed by atoms with van der Waals surface area (Å²) in [5.74, 6) is 1.50. The van der Waals surface area contributed by atoms with Crippen LogP contribution in [0.15, 0.2) is 0 Å². The van der Waals surface area contributed by atoms with Gasteiger partial charge in [0.25, 0.3) is 0 Å². The predicted molar refractivity (Wildman–Crippen MR) is 50.9 cm³/mol. The van der Waals surface area contributed by atoms with Crippen molar-refractivity contribution in [3.05, 3.63) is 0 Å². The number of rotatable bonds is 1. The van der Waals surface area contributed by atoms with E-state index in [9.17, 15) is 8.42 Å². The molecule has 1 atom stereocenters. The first kappa shape index (κ1) is 10.0. The molecule has 0 radical (unpaired) electrons. The van der Waals surface area contributed by atoms with Crippen LogP contribution in [-0.2, 0) is 9.84 Å². The van der Waals surface area contributed by atoms with Crippen molar-refractivity contribution in [2.75, 3.05) is 11.5 Å². The van der Waals surface area contributed by atoms with E-state index in [1.54, 1.807) is 0 Å². The third-order valence-electron chi connectivity index (χ3n) is 2.73. The number of hydrogen-bond donors (Lipinski definition) is 0. The topological polar surface area (TPSA) is 34.1 Å². The highest BCUT2D eigenvalue weighted by Crippen LogP contribution is 2.20. The van der Waals surface area contributed by atoms with Crippen LogP contribution in [0.5, 0.6) is 0 Å². The van der Waals surface area contributed by atoms with Gasteiger partial charge in [-0.05, 0) is 18.8 Å². The van der Waals surface area contributed by atoms with Crippen molar-refractivity contribution in [3.8, 4) is 0 Å². The van der Waals surface area contributed by atoms with Gasteiger partial charge in [-0.1, -0.05) is 26.2 Å². The monoisotopic (exact) mass is 190 g/mol. The molecule has 1 fully saturated rings. The summed E-state index contributed by atoms with van der Waals surface area (Å²) in [6, 6.07) is 0. The van der Waals surface area contributed by atoms with E-state index in [1.807, 2.05) is 0 Å². The minimum absolute atomic E-state index is 0.420. The molecule has 0 aromatic rings. The molecule has 0 aromatic carbocycles. The van der Waals surface area contributed by atoms with E-state index < -0.39 is 9.84 Å². The van der Waals surface area contributed by atoms with Crippen LogP contribution < -0.4 is 0 Å². The summed E-state index contributed by atoms with van der Waals surface area (Å²) in [5, 5.41) is 0. The Morgan fingerprint density at radius 3 is 2.58 bits per heavy atom. The first-order valence-corrected chi connectivity index (χ1v) is 6.66. The van der Waals surface area contributed by atoms with Gasteiger partial charge >= 0.3 is 0 Å². The lowest BCUT2D eigenvalue weighted by Crippen LogP contribution is -2.17. The van der Waals surface area contributed by atoms with E-state index in [4.69, 9.17) is 0 Å². The summed E-state index contributed by atoms with van der Waals surface area (Å²) in [6.45, 7) is 2.15. The van der Waals surface area contributed by atoms with Gasteiger partial charge in [-0.25, -0.2) is 8.42 Å². The van der Waals surface area contributed by atoms with Gasteiger partial charge in [0.2, 0.25) is 0 Å². The average molecular weight is 190 g/mol. The molecule has 72 valence electrons. The van der Waals surface area contributed by atoms with Crippen molar-refractivity contribution in [2.45, 2.75) is 39.0 Å². The van der Waals surface area contributed by atoms with Crippen LogP contribution in [0, 0.1) is 5.92 Å². The van der Waals surface area contributed by atoms with Crippen LogP contribution in [0.25, 0.3) is 0 Å². The van der Waals surface area contributed by atoms with Crippen molar-refractivity contribution in [2.24, 2.45) is 5.92 Å². The van der Waals surface area contributed by atoms with Gasteiger partial charge in [0.05, 0.1) is 11.5 Å². The predicted octanol–water partition coefficient (Wildman–Crippen LogP) is 2.00. The fraction of sp³-hybridized carbons (Fsp3) is 1.00. The fourth-order valence-electron chi connectivity index (χ4n) is 1.76. The van der Waals surface area contributed by atoms with Crippen LogP contribution >= 0.6 is 0 Å². The van der Waals surface area contributed by atoms with Gasteiger partial charge < -0.3 is 0 Å². The first-order chi connectivity index (χ1) is 5.64. The molecule has 0 N–H and O–H groups in total. The van der Waals surface area contributed by atoms with Crippen molar-refractivity contribution in [1.29, 1.82) is 0 Å². The van der Waals surface area contributed by atoms with E-state index in [0.29, 0.717) is 17.4 Å². The van der Waals surface area contributed by atoms with E-state index in [1.165, 1.54) is 6.42 Å². The largest absolute Gasteiger partial charge is 0.229 e. The molecule has 3 heteroatoms. The quantitative estimate of drug-likeness (QED) is 0.634. The van der Waals surface area contributed by atoms with Gasteiger partial charge in [0, 0.05) is 0 Å². The Labute approximate surface area is 75.3 Å². The smallest absolute Gasteiger partial charge is 0.150 e. The molecule has 1 rings (SSSR count). The lowest BCUT2D eigenvalue weighted by Gasteiger charge is -2.17. The van der Waals surface area contributed by atoms with Gasteiger partial charge in [-0.3, -0.25) is 0 Å². The zero-order valence-corrected chi connectivity index (χ0v) is 8.57. The summed E-state index contributed by atoms with van der Waals surface area (Å²) >= 11 is 0. The highest BCUT2D eigenvalue weighted by atomic mass is 32.2. The maximum absolute atomic E-state index is 11.3. The molecular formula is C9H18O2S. The summed E-state index contributed by atoms with van der Waals surface area (Å²) < 4.78 is 22.6. The Hall–Kier alpha value is -0.0500. The Balaban J connectivity index is 2.50. The van der Waals surface area contributed by atoms with E-state index in [0.717, 1.165) is 25.7 Å². The molecule has 0 saturated carbocycles. The van der Waals surface area contributed by atoms with Crippen molar-refractivity contribution in [1.82, 2.24) is 0 Å².